The Bertz CT molecular complexity index is 943. The molecule has 0 N–H and O–H groups in total. The van der Waals surface area contributed by atoms with Crippen molar-refractivity contribution in [3.05, 3.63) is 11.6 Å². The number of rotatable bonds is 9. The van der Waals surface area contributed by atoms with E-state index in [-0.39, 0.29) is 17.5 Å². The number of allylic oxidation sites excluding steroid dienone is 1. The molecule has 40 heavy (non-hydrogen) atoms. The van der Waals surface area contributed by atoms with E-state index >= 15 is 0 Å². The summed E-state index contributed by atoms with van der Waals surface area (Å²) in [4.78, 5) is 13.7. The van der Waals surface area contributed by atoms with Crippen LogP contribution in [0.1, 0.15) is 156 Å². The second-order valence-electron chi connectivity index (χ2n) is 17.1. The van der Waals surface area contributed by atoms with E-state index in [1.807, 2.05) is 0 Å². The smallest absolute Gasteiger partial charge is 0.312 e. The monoisotopic (exact) mass is 548 g/mol. The summed E-state index contributed by atoms with van der Waals surface area (Å²) >= 11 is 0. The summed E-state index contributed by atoms with van der Waals surface area (Å²) in [6.07, 6.45) is 31.0. The predicted molar refractivity (Wildman–Crippen MR) is 164 cm³/mol. The molecule has 4 bridgehead atoms. The maximum Gasteiger partial charge on any atom is 0.312 e. The van der Waals surface area contributed by atoms with Crippen molar-refractivity contribution in [3.8, 4) is 0 Å². The van der Waals surface area contributed by atoms with Gasteiger partial charge in [-0.2, -0.15) is 0 Å². The minimum Gasteiger partial charge on any atom is -0.462 e. The van der Waals surface area contributed by atoms with E-state index < -0.39 is 0 Å². The fourth-order valence-electron chi connectivity index (χ4n) is 13.1. The molecule has 0 aliphatic heterocycles. The van der Waals surface area contributed by atoms with Gasteiger partial charge in [0.05, 0.1) is 5.41 Å². The number of fused-ring (bicyclic) bond motifs is 5. The number of hydrogen-bond donors (Lipinski definition) is 0. The lowest BCUT2D eigenvalue weighted by molar-refractivity contribution is -0.179. The third-order valence-electron chi connectivity index (χ3n) is 14.9. The first kappa shape index (κ1) is 28.0. The summed E-state index contributed by atoms with van der Waals surface area (Å²) in [5.74, 6) is 6.31. The van der Waals surface area contributed by atoms with Gasteiger partial charge in [0.15, 0.2) is 0 Å². The Morgan fingerprint density at radius 1 is 0.850 bits per heavy atom. The summed E-state index contributed by atoms with van der Waals surface area (Å²) in [7, 11) is 0. The third kappa shape index (κ3) is 4.67. The van der Waals surface area contributed by atoms with Crippen molar-refractivity contribution in [1.29, 1.82) is 0 Å². The van der Waals surface area contributed by atoms with Crippen molar-refractivity contribution in [2.24, 2.45) is 57.7 Å². The van der Waals surface area contributed by atoms with Crippen LogP contribution in [0.4, 0.5) is 0 Å². The molecule has 8 aliphatic carbocycles. The van der Waals surface area contributed by atoms with Gasteiger partial charge in [0, 0.05) is 6.42 Å². The Labute approximate surface area is 246 Å². The van der Waals surface area contributed by atoms with Crippen LogP contribution in [0, 0.1) is 57.7 Å². The maximum atomic E-state index is 13.7. The lowest BCUT2D eigenvalue weighted by atomic mass is 9.47. The molecule has 0 radical (unpaired) electrons. The normalized spacial score (nSPS) is 48.7. The van der Waals surface area contributed by atoms with Crippen molar-refractivity contribution in [2.75, 3.05) is 0 Å². The van der Waals surface area contributed by atoms with E-state index in [1.165, 1.54) is 103 Å². The van der Waals surface area contributed by atoms with Crippen LogP contribution in [0.15, 0.2) is 11.6 Å². The van der Waals surface area contributed by atoms with E-state index in [9.17, 15) is 4.79 Å². The van der Waals surface area contributed by atoms with Crippen LogP contribution in [0.2, 0.25) is 0 Å². The number of carbonyl (C=O) groups excluding carboxylic acids is 1. The number of unbranched alkanes of at least 4 members (excludes halogenated alkanes) is 5. The van der Waals surface area contributed by atoms with Gasteiger partial charge in [0.1, 0.15) is 6.10 Å². The Balaban J connectivity index is 0.976. The minimum atomic E-state index is -0.107. The Morgan fingerprint density at radius 2 is 1.55 bits per heavy atom. The van der Waals surface area contributed by atoms with Crippen LogP contribution >= 0.6 is 0 Å². The van der Waals surface area contributed by atoms with Gasteiger partial charge in [-0.1, -0.05) is 70.9 Å². The van der Waals surface area contributed by atoms with Gasteiger partial charge in [-0.05, 0) is 142 Å². The second kappa shape index (κ2) is 10.7. The molecule has 2 nitrogen and oxygen atoms in total. The predicted octanol–water partition coefficient (Wildman–Crippen LogP) is 10.4. The number of hydrogen-bond acceptors (Lipinski definition) is 2. The molecule has 224 valence electrons. The van der Waals surface area contributed by atoms with Crippen LogP contribution in [0.5, 0.6) is 0 Å². The van der Waals surface area contributed by atoms with E-state index in [4.69, 9.17) is 4.74 Å². The highest BCUT2D eigenvalue weighted by molar-refractivity contribution is 5.77. The van der Waals surface area contributed by atoms with Gasteiger partial charge >= 0.3 is 5.97 Å². The quantitative estimate of drug-likeness (QED) is 0.163. The standard InChI is InChI=1S/C38H60O2/c1-4-5-6-7-8-9-10-29-12-14-33-32-13-11-30-22-31(15-17-37(30,3)34(32)16-18-36(29,33)2)40-35(39)38-23-26-19-27(24-38)21-28(20-26)25-38/h11,26-29,31-34H,4-10,12-25H2,1-3H3/t26?,27?,28?,29-,31+,32-,33+,34-,36-,37+,38?/m1/s1. The highest BCUT2D eigenvalue weighted by atomic mass is 16.5. The molecular formula is C38H60O2. The number of esters is 1. The summed E-state index contributed by atoms with van der Waals surface area (Å²) in [6.45, 7) is 7.66. The first-order valence-electron chi connectivity index (χ1n) is 18.2. The molecule has 7 atom stereocenters. The van der Waals surface area contributed by atoms with Gasteiger partial charge in [-0.25, -0.2) is 0 Å². The van der Waals surface area contributed by atoms with Crippen LogP contribution in [-0.4, -0.2) is 12.1 Å². The van der Waals surface area contributed by atoms with Crippen LogP contribution in [0.25, 0.3) is 0 Å². The topological polar surface area (TPSA) is 26.3 Å². The molecule has 0 saturated heterocycles. The first-order valence-corrected chi connectivity index (χ1v) is 18.2. The first-order chi connectivity index (χ1) is 19.3. The van der Waals surface area contributed by atoms with Crippen molar-refractivity contribution >= 4 is 5.97 Å². The van der Waals surface area contributed by atoms with Crippen molar-refractivity contribution < 1.29 is 9.53 Å². The highest BCUT2D eigenvalue weighted by Gasteiger charge is 2.59. The third-order valence-corrected chi connectivity index (χ3v) is 14.9. The van der Waals surface area contributed by atoms with E-state index in [0.29, 0.717) is 10.8 Å². The largest absolute Gasteiger partial charge is 0.462 e. The Hall–Kier alpha value is -0.790. The SMILES string of the molecule is CCCCCCCC[C@@H]1CC[C@H]2[C@H]3CC=C4C[C@@H](OC(=O)C56CC7CC(CC(C7)C5)C6)CC[C@]4(C)[C@@H]3CC[C@]12C. The summed E-state index contributed by atoms with van der Waals surface area (Å²) in [6, 6.07) is 0. The van der Waals surface area contributed by atoms with Gasteiger partial charge < -0.3 is 4.74 Å². The molecular weight excluding hydrogens is 488 g/mol. The number of ether oxygens (including phenoxy) is 1. The van der Waals surface area contributed by atoms with Crippen LogP contribution in [-0.2, 0) is 9.53 Å². The molecule has 7 saturated carbocycles. The molecule has 0 spiro atoms. The molecule has 0 heterocycles. The minimum absolute atomic E-state index is 0.107. The Morgan fingerprint density at radius 3 is 2.27 bits per heavy atom. The number of carbonyl (C=O) groups is 1. The fourth-order valence-corrected chi connectivity index (χ4v) is 13.1. The lowest BCUT2D eigenvalue weighted by Crippen LogP contribution is -2.52. The maximum absolute atomic E-state index is 13.7. The zero-order valence-corrected chi connectivity index (χ0v) is 26.4. The van der Waals surface area contributed by atoms with Gasteiger partial charge in [0.25, 0.3) is 0 Å². The molecule has 7 fully saturated rings. The molecule has 8 rings (SSSR count). The summed E-state index contributed by atoms with van der Waals surface area (Å²) < 4.78 is 6.49. The van der Waals surface area contributed by atoms with Crippen molar-refractivity contribution in [1.82, 2.24) is 0 Å². The molecule has 2 heteroatoms. The molecule has 0 aromatic carbocycles. The van der Waals surface area contributed by atoms with Gasteiger partial charge in [-0.15, -0.1) is 0 Å². The second-order valence-corrected chi connectivity index (χ2v) is 17.1. The van der Waals surface area contributed by atoms with Crippen molar-refractivity contribution in [3.63, 3.8) is 0 Å². The van der Waals surface area contributed by atoms with E-state index in [0.717, 1.165) is 73.5 Å². The zero-order valence-electron chi connectivity index (χ0n) is 26.4. The van der Waals surface area contributed by atoms with E-state index in [2.05, 4.69) is 26.8 Å². The van der Waals surface area contributed by atoms with Crippen LogP contribution < -0.4 is 0 Å². The Kier molecular flexibility index (Phi) is 7.51. The summed E-state index contributed by atoms with van der Waals surface area (Å²) in [5, 5.41) is 0. The summed E-state index contributed by atoms with van der Waals surface area (Å²) in [5.41, 5.74) is 2.51. The van der Waals surface area contributed by atoms with Crippen LogP contribution in [0.3, 0.4) is 0 Å². The van der Waals surface area contributed by atoms with Gasteiger partial charge in [-0.3, -0.25) is 4.79 Å². The highest BCUT2D eigenvalue weighted by Crippen LogP contribution is 2.67. The molecule has 0 unspecified atom stereocenters. The fraction of sp³-hybridized carbons (Fsp3) is 0.921. The average Bonchev–Trinajstić information content (AvgIpc) is 3.26. The molecule has 0 aromatic heterocycles. The molecule has 8 aliphatic rings. The molecule has 0 amide bonds. The van der Waals surface area contributed by atoms with Gasteiger partial charge in [0.2, 0.25) is 0 Å². The van der Waals surface area contributed by atoms with E-state index in [1.54, 1.807) is 5.57 Å². The molecule has 0 aromatic rings. The lowest BCUT2D eigenvalue weighted by Gasteiger charge is -2.58. The average molecular weight is 549 g/mol. The zero-order chi connectivity index (χ0) is 27.5. The van der Waals surface area contributed by atoms with Crippen molar-refractivity contribution in [2.45, 2.75) is 162 Å².